The van der Waals surface area contributed by atoms with Gasteiger partial charge in [-0.05, 0) is 17.3 Å². The molecule has 0 saturated heterocycles. The Morgan fingerprint density at radius 2 is 1.94 bits per heavy atom. The van der Waals surface area contributed by atoms with Crippen molar-refractivity contribution in [3.05, 3.63) is 18.2 Å². The van der Waals surface area contributed by atoms with E-state index in [0.717, 1.165) is 18.8 Å². The van der Waals surface area contributed by atoms with Crippen molar-refractivity contribution in [3.8, 4) is 0 Å². The molecule has 1 aromatic rings. The molecule has 1 N–H and O–H groups in total. The van der Waals surface area contributed by atoms with Crippen LogP contribution in [-0.2, 0) is 6.54 Å². The number of nitrogens with zero attached hydrogens (tertiary/aromatic N) is 2. The highest BCUT2D eigenvalue weighted by molar-refractivity contribution is 5.18. The number of rotatable bonds is 4. The zero-order chi connectivity index (χ0) is 12.8. The van der Waals surface area contributed by atoms with Gasteiger partial charge in [0.25, 0.3) is 0 Å². The Bertz CT molecular complexity index is 392. The molecular weight excluding hydrogens is 212 g/mol. The van der Waals surface area contributed by atoms with Crippen LogP contribution in [0.1, 0.15) is 53.0 Å². The summed E-state index contributed by atoms with van der Waals surface area (Å²) in [5.41, 5.74) is 0.380. The number of hydrogen-bond acceptors (Lipinski definition) is 2. The van der Waals surface area contributed by atoms with Crippen molar-refractivity contribution in [2.24, 2.45) is 16.7 Å². The minimum Gasteiger partial charge on any atom is -0.385 e. The average molecular weight is 236 g/mol. The van der Waals surface area contributed by atoms with E-state index < -0.39 is 6.10 Å². The highest BCUT2D eigenvalue weighted by atomic mass is 16.3. The second kappa shape index (κ2) is 3.84. The van der Waals surface area contributed by atoms with Gasteiger partial charge >= 0.3 is 0 Å². The zero-order valence-corrected chi connectivity index (χ0v) is 11.6. The van der Waals surface area contributed by atoms with Gasteiger partial charge in [-0.25, -0.2) is 4.98 Å². The molecule has 3 heteroatoms. The fraction of sp³-hybridized carbons (Fsp3) is 0.786. The predicted molar refractivity (Wildman–Crippen MR) is 68.5 cm³/mol. The van der Waals surface area contributed by atoms with Crippen molar-refractivity contribution >= 4 is 0 Å². The fourth-order valence-corrected chi connectivity index (χ4v) is 3.20. The van der Waals surface area contributed by atoms with E-state index in [1.54, 1.807) is 6.20 Å². The number of imidazole rings is 1. The second-order valence-electron chi connectivity index (χ2n) is 6.34. The molecule has 3 nitrogen and oxygen atoms in total. The summed E-state index contributed by atoms with van der Waals surface area (Å²) in [5, 5.41) is 10.5. The van der Waals surface area contributed by atoms with Gasteiger partial charge in [0.2, 0.25) is 0 Å². The molecule has 0 spiro atoms. The van der Waals surface area contributed by atoms with Gasteiger partial charge in [-0.1, -0.05) is 34.6 Å². The first-order valence-corrected chi connectivity index (χ1v) is 6.53. The van der Waals surface area contributed by atoms with Crippen molar-refractivity contribution in [2.75, 3.05) is 0 Å². The molecule has 0 amide bonds. The predicted octanol–water partition coefficient (Wildman–Crippen LogP) is 3.01. The molecule has 1 aliphatic rings. The number of aliphatic hydroxyl groups excluding tert-OH is 1. The lowest BCUT2D eigenvalue weighted by Crippen LogP contribution is -2.13. The smallest absolute Gasteiger partial charge is 0.137 e. The third-order valence-corrected chi connectivity index (χ3v) is 4.92. The van der Waals surface area contributed by atoms with Crippen LogP contribution in [0.15, 0.2) is 12.4 Å². The van der Waals surface area contributed by atoms with Crippen LogP contribution in [0.3, 0.4) is 0 Å². The van der Waals surface area contributed by atoms with Gasteiger partial charge < -0.3 is 9.67 Å². The molecule has 96 valence electrons. The summed E-state index contributed by atoms with van der Waals surface area (Å²) in [6.07, 6.45) is 4.37. The number of hydrogen-bond donors (Lipinski definition) is 1. The van der Waals surface area contributed by atoms with Crippen LogP contribution in [0.5, 0.6) is 0 Å². The van der Waals surface area contributed by atoms with Crippen LogP contribution in [0.2, 0.25) is 0 Å². The van der Waals surface area contributed by atoms with Crippen molar-refractivity contribution < 1.29 is 5.11 Å². The minimum atomic E-state index is -0.443. The van der Waals surface area contributed by atoms with E-state index >= 15 is 0 Å². The molecule has 1 fully saturated rings. The summed E-state index contributed by atoms with van der Waals surface area (Å²) in [6.45, 7) is 12.0. The Labute approximate surface area is 104 Å². The van der Waals surface area contributed by atoms with E-state index in [2.05, 4.69) is 44.2 Å². The summed E-state index contributed by atoms with van der Waals surface area (Å²) < 4.78 is 2.08. The average Bonchev–Trinajstić information content (AvgIpc) is 2.58. The molecule has 1 saturated carbocycles. The van der Waals surface area contributed by atoms with Crippen molar-refractivity contribution in [1.82, 2.24) is 9.55 Å². The molecular formula is C14H24N2O. The van der Waals surface area contributed by atoms with Crippen LogP contribution in [0.4, 0.5) is 0 Å². The monoisotopic (exact) mass is 236 g/mol. The maximum atomic E-state index is 10.5. The van der Waals surface area contributed by atoms with Crippen LogP contribution in [0.25, 0.3) is 0 Å². The molecule has 1 atom stereocenters. The van der Waals surface area contributed by atoms with Crippen molar-refractivity contribution in [3.63, 3.8) is 0 Å². The van der Waals surface area contributed by atoms with Gasteiger partial charge in [0.05, 0.1) is 0 Å². The maximum absolute atomic E-state index is 10.5. The third kappa shape index (κ3) is 1.71. The first-order valence-electron chi connectivity index (χ1n) is 6.53. The second-order valence-corrected chi connectivity index (χ2v) is 6.34. The summed E-state index contributed by atoms with van der Waals surface area (Å²) in [7, 11) is 0. The molecule has 2 rings (SSSR count). The normalized spacial score (nSPS) is 23.6. The van der Waals surface area contributed by atoms with Gasteiger partial charge in [-0.15, -0.1) is 0 Å². The lowest BCUT2D eigenvalue weighted by Gasteiger charge is -2.14. The Hall–Kier alpha value is -0.830. The standard InChI is InChI=1S/C14H24N2O/c1-6-8-16-9-7-15-12(16)10(17)11-13(2,3)14(11,4)5/h7,9-11,17H,6,8H2,1-5H3. The molecule has 17 heavy (non-hydrogen) atoms. The lowest BCUT2D eigenvalue weighted by atomic mass is 10.0. The maximum Gasteiger partial charge on any atom is 0.137 e. The zero-order valence-electron chi connectivity index (χ0n) is 11.6. The molecule has 1 aliphatic carbocycles. The molecule has 0 aromatic carbocycles. The van der Waals surface area contributed by atoms with E-state index in [1.807, 2.05) is 6.20 Å². The molecule has 0 aliphatic heterocycles. The van der Waals surface area contributed by atoms with Gasteiger partial charge in [-0.2, -0.15) is 0 Å². The minimum absolute atomic E-state index is 0.190. The quantitative estimate of drug-likeness (QED) is 0.872. The third-order valence-electron chi connectivity index (χ3n) is 4.92. The molecule has 0 bridgehead atoms. The molecule has 1 aromatic heterocycles. The Kier molecular flexibility index (Phi) is 2.85. The fourth-order valence-electron chi connectivity index (χ4n) is 3.20. The summed E-state index contributed by atoms with van der Waals surface area (Å²) >= 11 is 0. The molecule has 1 heterocycles. The van der Waals surface area contributed by atoms with Gasteiger partial charge in [-0.3, -0.25) is 0 Å². The van der Waals surface area contributed by atoms with E-state index in [1.165, 1.54) is 0 Å². The summed E-state index contributed by atoms with van der Waals surface area (Å²) in [6, 6.07) is 0. The van der Waals surface area contributed by atoms with Crippen LogP contribution >= 0.6 is 0 Å². The number of aromatic nitrogens is 2. The topological polar surface area (TPSA) is 38.0 Å². The Morgan fingerprint density at radius 1 is 1.35 bits per heavy atom. The van der Waals surface area contributed by atoms with Crippen molar-refractivity contribution in [2.45, 2.75) is 53.7 Å². The van der Waals surface area contributed by atoms with Gasteiger partial charge in [0.1, 0.15) is 11.9 Å². The lowest BCUT2D eigenvalue weighted by molar-refractivity contribution is 0.117. The Balaban J connectivity index is 2.22. The largest absolute Gasteiger partial charge is 0.385 e. The first-order chi connectivity index (χ1) is 7.84. The van der Waals surface area contributed by atoms with Crippen LogP contribution in [-0.4, -0.2) is 14.7 Å². The van der Waals surface area contributed by atoms with Crippen LogP contribution < -0.4 is 0 Å². The number of aryl methyl sites for hydroxylation is 1. The van der Waals surface area contributed by atoms with Gasteiger partial charge in [0.15, 0.2) is 0 Å². The highest BCUT2D eigenvalue weighted by Gasteiger charge is 2.67. The SMILES string of the molecule is CCCn1ccnc1C(O)C1C(C)(C)C1(C)C. The molecule has 1 unspecified atom stereocenters. The van der Waals surface area contributed by atoms with Crippen LogP contribution in [0, 0.1) is 16.7 Å². The Morgan fingerprint density at radius 3 is 2.41 bits per heavy atom. The van der Waals surface area contributed by atoms with E-state index in [-0.39, 0.29) is 10.8 Å². The highest BCUT2D eigenvalue weighted by Crippen LogP contribution is 2.72. The summed E-state index contributed by atoms with van der Waals surface area (Å²) in [4.78, 5) is 4.34. The first kappa shape index (κ1) is 12.6. The van der Waals surface area contributed by atoms with Gasteiger partial charge in [0, 0.05) is 24.9 Å². The molecule has 0 radical (unpaired) electrons. The van der Waals surface area contributed by atoms with E-state index in [0.29, 0.717) is 5.92 Å². The van der Waals surface area contributed by atoms with E-state index in [9.17, 15) is 5.11 Å². The van der Waals surface area contributed by atoms with Crippen molar-refractivity contribution in [1.29, 1.82) is 0 Å². The van der Waals surface area contributed by atoms with E-state index in [4.69, 9.17) is 0 Å². The summed E-state index contributed by atoms with van der Waals surface area (Å²) in [5.74, 6) is 1.13. The number of aliphatic hydroxyl groups is 1.